The maximum atomic E-state index is 13.2. The van der Waals surface area contributed by atoms with Gasteiger partial charge in [0.2, 0.25) is 0 Å². The Bertz CT molecular complexity index is 511. The molecule has 2 rings (SSSR count). The van der Waals surface area contributed by atoms with Crippen LogP contribution in [0.3, 0.4) is 0 Å². The number of fused-ring (bicyclic) bond motifs is 1. The van der Waals surface area contributed by atoms with Gasteiger partial charge in [0.1, 0.15) is 5.75 Å². The van der Waals surface area contributed by atoms with E-state index in [1.54, 1.807) is 0 Å². The Labute approximate surface area is 87.1 Å². The fourth-order valence-electron chi connectivity index (χ4n) is 1.30. The Morgan fingerprint density at radius 2 is 1.79 bits per heavy atom. The largest absolute Gasteiger partial charge is 0.508 e. The Morgan fingerprint density at radius 3 is 2.50 bits per heavy atom. The Hall–Kier alpha value is -1.16. The van der Waals surface area contributed by atoms with E-state index in [1.165, 1.54) is 18.2 Å². The van der Waals surface area contributed by atoms with Crippen LogP contribution in [0.4, 0.5) is 8.78 Å². The molecule has 2 aromatic rings. The van der Waals surface area contributed by atoms with Crippen molar-refractivity contribution in [1.29, 1.82) is 0 Å². The summed E-state index contributed by atoms with van der Waals surface area (Å²) < 4.78 is 26.6. The smallest absolute Gasteiger partial charge is 0.166 e. The second-order valence-corrected chi connectivity index (χ2v) is 3.74. The minimum absolute atomic E-state index is 0.0178. The van der Waals surface area contributed by atoms with E-state index >= 15 is 0 Å². The van der Waals surface area contributed by atoms with Crippen LogP contribution in [0.5, 0.6) is 5.75 Å². The molecule has 0 bridgehead atoms. The number of hydrogen-bond acceptors (Lipinski definition) is 1. The summed E-state index contributed by atoms with van der Waals surface area (Å²) in [6, 6.07) is 5.07. The van der Waals surface area contributed by atoms with E-state index < -0.39 is 11.6 Å². The Balaban J connectivity index is 2.94. The first-order valence-corrected chi connectivity index (χ1v) is 4.65. The van der Waals surface area contributed by atoms with Gasteiger partial charge in [-0.25, -0.2) is 8.78 Å². The fourth-order valence-corrected chi connectivity index (χ4v) is 1.83. The second-order valence-electron chi connectivity index (χ2n) is 2.88. The average molecular weight is 259 g/mol. The lowest BCUT2D eigenvalue weighted by Gasteiger charge is -2.03. The van der Waals surface area contributed by atoms with E-state index in [4.69, 9.17) is 0 Å². The third-order valence-corrected chi connectivity index (χ3v) is 2.62. The molecule has 0 heterocycles. The molecule has 14 heavy (non-hydrogen) atoms. The predicted octanol–water partition coefficient (Wildman–Crippen LogP) is 3.59. The molecule has 0 fully saturated rings. The van der Waals surface area contributed by atoms with Crippen LogP contribution in [0.1, 0.15) is 0 Å². The number of phenols is 1. The number of benzene rings is 2. The molecular weight excluding hydrogens is 254 g/mol. The molecule has 0 aliphatic carbocycles. The molecule has 0 spiro atoms. The van der Waals surface area contributed by atoms with Crippen molar-refractivity contribution >= 4 is 26.7 Å². The fraction of sp³-hybridized carbons (Fsp3) is 0. The molecule has 0 radical (unpaired) electrons. The summed E-state index contributed by atoms with van der Waals surface area (Å²) in [6.07, 6.45) is 0. The lowest BCUT2D eigenvalue weighted by molar-refractivity contribution is 0.476. The van der Waals surface area contributed by atoms with Crippen molar-refractivity contribution in [1.82, 2.24) is 0 Å². The van der Waals surface area contributed by atoms with Crippen molar-refractivity contribution in [2.24, 2.45) is 0 Å². The zero-order valence-electron chi connectivity index (χ0n) is 6.89. The lowest BCUT2D eigenvalue weighted by Crippen LogP contribution is -1.87. The highest BCUT2D eigenvalue weighted by molar-refractivity contribution is 9.10. The maximum Gasteiger partial charge on any atom is 0.166 e. The predicted molar refractivity (Wildman–Crippen MR) is 53.2 cm³/mol. The molecule has 1 nitrogen and oxygen atoms in total. The summed E-state index contributed by atoms with van der Waals surface area (Å²) in [5.74, 6) is -1.79. The quantitative estimate of drug-likeness (QED) is 0.717. The van der Waals surface area contributed by atoms with Gasteiger partial charge < -0.3 is 5.11 Å². The van der Waals surface area contributed by atoms with Crippen molar-refractivity contribution in [3.8, 4) is 5.75 Å². The molecule has 0 atom stereocenters. The number of hydrogen-bond donors (Lipinski definition) is 1. The van der Waals surface area contributed by atoms with Crippen molar-refractivity contribution in [2.45, 2.75) is 0 Å². The summed E-state index contributed by atoms with van der Waals surface area (Å²) in [5.41, 5.74) is 0. The van der Waals surface area contributed by atoms with E-state index in [9.17, 15) is 13.9 Å². The van der Waals surface area contributed by atoms with Gasteiger partial charge in [-0.05, 0) is 24.3 Å². The molecule has 0 aromatic heterocycles. The Kier molecular flexibility index (Phi) is 2.15. The van der Waals surface area contributed by atoms with Gasteiger partial charge >= 0.3 is 0 Å². The number of aromatic hydroxyl groups is 1. The molecule has 2 aromatic carbocycles. The van der Waals surface area contributed by atoms with Crippen LogP contribution in [0.15, 0.2) is 28.7 Å². The van der Waals surface area contributed by atoms with Crippen LogP contribution in [0.25, 0.3) is 10.8 Å². The highest BCUT2D eigenvalue weighted by Crippen LogP contribution is 2.30. The third kappa shape index (κ3) is 1.35. The monoisotopic (exact) mass is 258 g/mol. The number of rotatable bonds is 0. The first-order chi connectivity index (χ1) is 6.59. The molecule has 0 unspecified atom stereocenters. The van der Waals surface area contributed by atoms with Gasteiger partial charge in [-0.15, -0.1) is 0 Å². The van der Waals surface area contributed by atoms with E-state index in [0.717, 1.165) is 6.07 Å². The van der Waals surface area contributed by atoms with Gasteiger partial charge in [-0.1, -0.05) is 15.9 Å². The van der Waals surface area contributed by atoms with Gasteiger partial charge in [0.15, 0.2) is 11.6 Å². The molecule has 72 valence electrons. The Morgan fingerprint density at radius 1 is 1.07 bits per heavy atom. The highest BCUT2D eigenvalue weighted by atomic mass is 79.9. The maximum absolute atomic E-state index is 13.2. The second kappa shape index (κ2) is 3.20. The highest BCUT2D eigenvalue weighted by Gasteiger charge is 2.10. The summed E-state index contributed by atoms with van der Waals surface area (Å²) in [4.78, 5) is 0. The number of phenolic OH excluding ortho intramolecular Hbond substituents is 1. The van der Waals surface area contributed by atoms with Crippen LogP contribution >= 0.6 is 15.9 Å². The van der Waals surface area contributed by atoms with Crippen molar-refractivity contribution in [3.63, 3.8) is 0 Å². The normalized spacial score (nSPS) is 10.8. The minimum atomic E-state index is -0.907. The van der Waals surface area contributed by atoms with Crippen LogP contribution in [0.2, 0.25) is 0 Å². The standard InChI is InChI=1S/C10H5BrF2O/c11-8-4-9(12)10(13)6-2-1-5(14)3-7(6)8/h1-4,14H. The molecule has 0 saturated heterocycles. The van der Waals surface area contributed by atoms with Gasteiger partial charge in [-0.3, -0.25) is 0 Å². The van der Waals surface area contributed by atoms with E-state index in [0.29, 0.717) is 9.86 Å². The third-order valence-electron chi connectivity index (χ3n) is 1.96. The molecule has 1 N–H and O–H groups in total. The van der Waals surface area contributed by atoms with Gasteiger partial charge in [0.05, 0.1) is 0 Å². The van der Waals surface area contributed by atoms with Crippen molar-refractivity contribution in [2.75, 3.05) is 0 Å². The molecule has 4 heteroatoms. The molecule has 0 saturated carbocycles. The summed E-state index contributed by atoms with van der Waals surface area (Å²) in [6.45, 7) is 0. The van der Waals surface area contributed by atoms with Gasteiger partial charge in [0, 0.05) is 15.2 Å². The lowest BCUT2D eigenvalue weighted by atomic mass is 10.1. The average Bonchev–Trinajstić information content (AvgIpc) is 2.14. The van der Waals surface area contributed by atoms with Crippen molar-refractivity contribution < 1.29 is 13.9 Å². The minimum Gasteiger partial charge on any atom is -0.508 e. The van der Waals surface area contributed by atoms with E-state index in [2.05, 4.69) is 15.9 Å². The van der Waals surface area contributed by atoms with Crippen LogP contribution in [-0.2, 0) is 0 Å². The van der Waals surface area contributed by atoms with Crippen LogP contribution in [-0.4, -0.2) is 5.11 Å². The molecule has 0 aliphatic heterocycles. The van der Waals surface area contributed by atoms with E-state index in [-0.39, 0.29) is 11.1 Å². The van der Waals surface area contributed by atoms with Crippen LogP contribution < -0.4 is 0 Å². The van der Waals surface area contributed by atoms with E-state index in [1.807, 2.05) is 0 Å². The molecule has 0 amide bonds. The molecular formula is C10H5BrF2O. The molecule has 0 aliphatic rings. The van der Waals surface area contributed by atoms with Crippen molar-refractivity contribution in [3.05, 3.63) is 40.4 Å². The first-order valence-electron chi connectivity index (χ1n) is 3.86. The van der Waals surface area contributed by atoms with Crippen LogP contribution in [0, 0.1) is 11.6 Å². The first kappa shape index (κ1) is 9.40. The summed E-state index contributed by atoms with van der Waals surface area (Å²) in [7, 11) is 0. The zero-order valence-corrected chi connectivity index (χ0v) is 8.48. The van der Waals surface area contributed by atoms with Gasteiger partial charge in [-0.2, -0.15) is 0 Å². The van der Waals surface area contributed by atoms with Gasteiger partial charge in [0.25, 0.3) is 0 Å². The number of halogens is 3. The SMILES string of the molecule is Oc1ccc2c(F)c(F)cc(Br)c2c1. The summed E-state index contributed by atoms with van der Waals surface area (Å²) >= 11 is 3.10. The summed E-state index contributed by atoms with van der Waals surface area (Å²) in [5, 5.41) is 9.77. The zero-order chi connectivity index (χ0) is 10.3. The topological polar surface area (TPSA) is 20.2 Å².